The first-order chi connectivity index (χ1) is 19.1. The minimum absolute atomic E-state index is 0.00181. The van der Waals surface area contributed by atoms with Crippen molar-refractivity contribution >= 4 is 40.1 Å². The van der Waals surface area contributed by atoms with Gasteiger partial charge in [0.05, 0.1) is 5.39 Å². The number of nitrogens with zero attached hydrogens (tertiary/aromatic N) is 3. The highest BCUT2D eigenvalue weighted by Crippen LogP contribution is 2.42. The van der Waals surface area contributed by atoms with Gasteiger partial charge in [0.25, 0.3) is 11.5 Å². The van der Waals surface area contributed by atoms with Gasteiger partial charge in [0.15, 0.2) is 22.8 Å². The molecular weight excluding hydrogens is 554 g/mol. The van der Waals surface area contributed by atoms with E-state index in [1.807, 2.05) is 0 Å². The number of aliphatic hydroxyl groups excluding tert-OH is 1. The Morgan fingerprint density at radius 1 is 1.15 bits per heavy atom. The van der Waals surface area contributed by atoms with Crippen molar-refractivity contribution in [3.63, 3.8) is 0 Å². The van der Waals surface area contributed by atoms with Crippen LogP contribution in [0.15, 0.2) is 57.7 Å². The van der Waals surface area contributed by atoms with Crippen LogP contribution >= 0.6 is 11.6 Å². The molecule has 14 heteroatoms. The summed E-state index contributed by atoms with van der Waals surface area (Å²) in [5.74, 6) is -1.79. The van der Waals surface area contributed by atoms with Crippen molar-refractivity contribution in [1.29, 1.82) is 0 Å². The number of ether oxygens (including phenoxy) is 2. The zero-order valence-corrected chi connectivity index (χ0v) is 21.6. The number of aliphatic hydroxyl groups is 1. The summed E-state index contributed by atoms with van der Waals surface area (Å²) >= 11 is 6.16. The monoisotopic (exact) mass is 574 g/mol. The minimum atomic E-state index is -3.81. The Morgan fingerprint density at radius 3 is 2.67 bits per heavy atom. The Morgan fingerprint density at radius 2 is 1.93 bits per heavy atom. The molecule has 4 aromatic rings. The van der Waals surface area contributed by atoms with E-state index in [2.05, 4.69) is 19.9 Å². The Hall–Kier alpha value is -4.49. The van der Waals surface area contributed by atoms with Crippen molar-refractivity contribution < 1.29 is 37.4 Å². The largest absolute Gasteiger partial charge is 0.586 e. The predicted octanol–water partition coefficient (Wildman–Crippen LogP) is 3.41. The fourth-order valence-corrected chi connectivity index (χ4v) is 4.20. The molecule has 2 aromatic carbocycles. The highest BCUT2D eigenvalue weighted by atomic mass is 35.5. The van der Waals surface area contributed by atoms with Gasteiger partial charge in [-0.2, -0.15) is 5.10 Å². The van der Waals surface area contributed by atoms with E-state index in [1.165, 1.54) is 31.3 Å². The fourth-order valence-electron chi connectivity index (χ4n) is 4.01. The molecule has 0 spiro atoms. The van der Waals surface area contributed by atoms with Crippen LogP contribution in [0.2, 0.25) is 5.02 Å². The van der Waals surface area contributed by atoms with Gasteiger partial charge in [0.1, 0.15) is 12.2 Å². The van der Waals surface area contributed by atoms with E-state index in [0.29, 0.717) is 17.0 Å². The lowest BCUT2D eigenvalue weighted by Crippen LogP contribution is -2.35. The standard InChI is InChI=1S/C26H21ClF2N4O7/c1-32(16-6-7-18-19(11-16)40-26(28,29)39-18)21(35)13-33-25(37)17-12-20(24(36)30-8-3-9-34)38-23(17)22(31-33)14-4-2-5-15(27)10-14/h2,4-7,10-12,34H,3,8-9,13H2,1H3,(H,30,36). The van der Waals surface area contributed by atoms with Gasteiger partial charge in [-0.15, -0.1) is 8.78 Å². The van der Waals surface area contributed by atoms with Gasteiger partial charge in [0.2, 0.25) is 5.91 Å². The van der Waals surface area contributed by atoms with Crippen molar-refractivity contribution in [1.82, 2.24) is 15.1 Å². The first-order valence-electron chi connectivity index (χ1n) is 11.9. The lowest BCUT2D eigenvalue weighted by atomic mass is 10.1. The number of nitrogens with one attached hydrogen (secondary N) is 1. The average molecular weight is 575 g/mol. The summed E-state index contributed by atoms with van der Waals surface area (Å²) in [4.78, 5) is 40.2. The normalized spacial score (nSPS) is 13.4. The molecule has 2 amide bonds. The molecule has 208 valence electrons. The topological polar surface area (TPSA) is 136 Å². The van der Waals surface area contributed by atoms with Gasteiger partial charge < -0.3 is 29.2 Å². The molecule has 2 aromatic heterocycles. The third-order valence-corrected chi connectivity index (χ3v) is 6.24. The second-order valence-corrected chi connectivity index (χ2v) is 9.20. The number of furan rings is 1. The van der Waals surface area contributed by atoms with Crippen LogP contribution in [0.25, 0.3) is 22.2 Å². The van der Waals surface area contributed by atoms with Crippen LogP contribution in [0.5, 0.6) is 11.5 Å². The number of anilines is 1. The van der Waals surface area contributed by atoms with E-state index in [9.17, 15) is 23.2 Å². The first-order valence-corrected chi connectivity index (χ1v) is 12.3. The zero-order chi connectivity index (χ0) is 28.6. The Labute approximate surface area is 229 Å². The number of likely N-dealkylation sites (N-methyl/N-ethyl adjacent to an activating group) is 1. The summed E-state index contributed by atoms with van der Waals surface area (Å²) in [6, 6.07) is 11.6. The predicted molar refractivity (Wildman–Crippen MR) is 139 cm³/mol. The van der Waals surface area contributed by atoms with Crippen LogP contribution in [-0.4, -0.2) is 53.2 Å². The number of fused-ring (bicyclic) bond motifs is 2. The van der Waals surface area contributed by atoms with Crippen molar-refractivity contribution in [3.05, 3.63) is 69.7 Å². The number of amides is 2. The molecule has 0 bridgehead atoms. The van der Waals surface area contributed by atoms with Crippen molar-refractivity contribution in [2.75, 3.05) is 25.1 Å². The molecule has 0 saturated carbocycles. The third kappa shape index (κ3) is 5.33. The number of halogens is 3. The molecule has 0 saturated heterocycles. The van der Waals surface area contributed by atoms with Crippen LogP contribution in [0.1, 0.15) is 17.0 Å². The molecule has 0 radical (unpaired) electrons. The number of aromatic nitrogens is 2. The summed E-state index contributed by atoms with van der Waals surface area (Å²) in [5, 5.41) is 16.3. The molecule has 0 fully saturated rings. The third-order valence-electron chi connectivity index (χ3n) is 6.01. The van der Waals surface area contributed by atoms with Crippen LogP contribution < -0.4 is 25.2 Å². The highest BCUT2D eigenvalue weighted by molar-refractivity contribution is 6.30. The summed E-state index contributed by atoms with van der Waals surface area (Å²) in [6.07, 6.45) is -3.48. The molecule has 1 aliphatic heterocycles. The number of hydrogen-bond acceptors (Lipinski definition) is 8. The molecule has 40 heavy (non-hydrogen) atoms. The average Bonchev–Trinajstić information content (AvgIpc) is 3.49. The quantitative estimate of drug-likeness (QED) is 0.306. The van der Waals surface area contributed by atoms with E-state index in [-0.39, 0.29) is 52.8 Å². The molecule has 5 rings (SSSR count). The molecule has 0 unspecified atom stereocenters. The second-order valence-electron chi connectivity index (χ2n) is 8.76. The Balaban J connectivity index is 1.50. The summed E-state index contributed by atoms with van der Waals surface area (Å²) in [7, 11) is 1.39. The van der Waals surface area contributed by atoms with E-state index in [4.69, 9.17) is 21.1 Å². The van der Waals surface area contributed by atoms with E-state index in [0.717, 1.165) is 9.58 Å². The number of alkyl halides is 2. The maximum Gasteiger partial charge on any atom is 0.586 e. The first kappa shape index (κ1) is 27.1. The molecule has 2 N–H and O–H groups in total. The Bertz CT molecular complexity index is 1690. The second kappa shape index (κ2) is 10.6. The summed E-state index contributed by atoms with van der Waals surface area (Å²) in [6.45, 7) is -0.462. The van der Waals surface area contributed by atoms with Crippen LogP contribution in [0.4, 0.5) is 14.5 Å². The maximum absolute atomic E-state index is 13.4. The van der Waals surface area contributed by atoms with Gasteiger partial charge in [-0.3, -0.25) is 14.4 Å². The number of hydrogen-bond donors (Lipinski definition) is 2. The molecule has 0 aliphatic carbocycles. The van der Waals surface area contributed by atoms with Crippen LogP contribution in [0, 0.1) is 0 Å². The van der Waals surface area contributed by atoms with Crippen molar-refractivity contribution in [3.8, 4) is 22.8 Å². The Kier molecular flexibility index (Phi) is 7.17. The van der Waals surface area contributed by atoms with Gasteiger partial charge in [-0.1, -0.05) is 23.7 Å². The van der Waals surface area contributed by atoms with Crippen molar-refractivity contribution in [2.45, 2.75) is 19.3 Å². The molecular formula is C26H21ClF2N4O7. The fraction of sp³-hybridized carbons (Fsp3) is 0.231. The lowest BCUT2D eigenvalue weighted by molar-refractivity contribution is -0.286. The molecule has 11 nitrogen and oxygen atoms in total. The summed E-state index contributed by atoms with van der Waals surface area (Å²) < 4.78 is 42.3. The summed E-state index contributed by atoms with van der Waals surface area (Å²) in [5.41, 5.74) is 0.149. The number of carbonyl (C=O) groups excluding carboxylic acids is 2. The lowest BCUT2D eigenvalue weighted by Gasteiger charge is -2.18. The smallest absolute Gasteiger partial charge is 0.448 e. The number of benzene rings is 2. The SMILES string of the molecule is CN(C(=O)Cn1nc(-c2cccc(Cl)c2)c2oc(C(=O)NCCCO)cc2c1=O)c1ccc2c(c1)OC(F)(F)O2. The highest BCUT2D eigenvalue weighted by Gasteiger charge is 2.43. The zero-order valence-electron chi connectivity index (χ0n) is 20.8. The van der Waals surface area contributed by atoms with Crippen LogP contribution in [0.3, 0.4) is 0 Å². The minimum Gasteiger partial charge on any atom is -0.448 e. The number of rotatable bonds is 8. The maximum atomic E-state index is 13.4. The van der Waals surface area contributed by atoms with E-state index >= 15 is 0 Å². The van der Waals surface area contributed by atoms with E-state index < -0.39 is 30.2 Å². The van der Waals surface area contributed by atoms with Gasteiger partial charge in [0, 0.05) is 48.6 Å². The van der Waals surface area contributed by atoms with E-state index in [1.54, 1.807) is 24.3 Å². The molecule has 0 atom stereocenters. The van der Waals surface area contributed by atoms with Gasteiger partial charge in [-0.05, 0) is 30.7 Å². The van der Waals surface area contributed by atoms with Gasteiger partial charge >= 0.3 is 6.29 Å². The number of carbonyl (C=O) groups is 2. The van der Waals surface area contributed by atoms with Crippen molar-refractivity contribution in [2.24, 2.45) is 0 Å². The molecule has 1 aliphatic rings. The van der Waals surface area contributed by atoms with Gasteiger partial charge in [-0.25, -0.2) is 4.68 Å². The van der Waals surface area contributed by atoms with Crippen LogP contribution in [-0.2, 0) is 11.3 Å². The molecule has 3 heterocycles.